The van der Waals surface area contributed by atoms with Crippen molar-refractivity contribution in [2.24, 2.45) is 11.8 Å². The number of carbonyl (C=O) groups excluding carboxylic acids is 1. The highest BCUT2D eigenvalue weighted by atomic mass is 16.4. The molecule has 0 unspecified atom stereocenters. The minimum absolute atomic E-state index is 0.0288. The van der Waals surface area contributed by atoms with Gasteiger partial charge in [0.1, 0.15) is 0 Å². The number of fused-ring (bicyclic) bond motifs is 1. The Kier molecular flexibility index (Phi) is 3.81. The van der Waals surface area contributed by atoms with Crippen molar-refractivity contribution in [2.75, 3.05) is 13.1 Å². The van der Waals surface area contributed by atoms with E-state index in [1.54, 1.807) is 0 Å². The lowest BCUT2D eigenvalue weighted by molar-refractivity contribution is -0.153. The maximum Gasteiger partial charge on any atom is 0.308 e. The number of carbonyl (C=O) groups is 2. The summed E-state index contributed by atoms with van der Waals surface area (Å²) in [6.45, 7) is 1.50. The average molecular weight is 361 g/mol. The zero-order chi connectivity index (χ0) is 18.5. The quantitative estimate of drug-likeness (QED) is 0.889. The molecular formula is C23H23NO3. The molecule has 1 aliphatic heterocycles. The SMILES string of the molecule is O=C(O)[C@@H]1C2c3ccccc3C(c3ccccc32)[C@@H]1C(=O)N1CCCCC1. The van der Waals surface area contributed by atoms with E-state index in [9.17, 15) is 14.7 Å². The number of aliphatic carboxylic acids is 1. The van der Waals surface area contributed by atoms with Gasteiger partial charge >= 0.3 is 5.97 Å². The van der Waals surface area contributed by atoms with E-state index in [0.29, 0.717) is 0 Å². The Balaban J connectivity index is 1.69. The fourth-order valence-corrected chi connectivity index (χ4v) is 5.60. The summed E-state index contributed by atoms with van der Waals surface area (Å²) in [7, 11) is 0. The van der Waals surface area contributed by atoms with Crippen LogP contribution >= 0.6 is 0 Å². The number of benzene rings is 2. The molecule has 2 aromatic carbocycles. The molecule has 1 fully saturated rings. The van der Waals surface area contributed by atoms with Gasteiger partial charge in [0, 0.05) is 24.9 Å². The zero-order valence-electron chi connectivity index (χ0n) is 15.2. The molecule has 0 radical (unpaired) electrons. The predicted octanol–water partition coefficient (Wildman–Crippen LogP) is 3.61. The first-order chi connectivity index (χ1) is 13.2. The van der Waals surface area contributed by atoms with E-state index in [-0.39, 0.29) is 17.7 Å². The number of likely N-dealkylation sites (tertiary alicyclic amines) is 1. The van der Waals surface area contributed by atoms with Crippen molar-refractivity contribution in [2.45, 2.75) is 31.1 Å². The highest BCUT2D eigenvalue weighted by Gasteiger charge is 2.56. The second kappa shape index (κ2) is 6.22. The number of hydrogen-bond donors (Lipinski definition) is 1. The summed E-state index contributed by atoms with van der Waals surface area (Å²) in [5.74, 6) is -2.47. The third-order valence-corrected chi connectivity index (χ3v) is 6.68. The molecule has 2 bridgehead atoms. The van der Waals surface area contributed by atoms with E-state index >= 15 is 0 Å². The second-order valence-corrected chi connectivity index (χ2v) is 7.99. The van der Waals surface area contributed by atoms with E-state index < -0.39 is 17.8 Å². The molecular weight excluding hydrogens is 338 g/mol. The van der Waals surface area contributed by atoms with E-state index in [0.717, 1.165) is 54.6 Å². The number of amides is 1. The molecule has 6 rings (SSSR count). The highest BCUT2D eigenvalue weighted by Crippen LogP contribution is 2.58. The second-order valence-electron chi connectivity index (χ2n) is 7.99. The fourth-order valence-electron chi connectivity index (χ4n) is 5.60. The van der Waals surface area contributed by atoms with Gasteiger partial charge in [-0.3, -0.25) is 9.59 Å². The van der Waals surface area contributed by atoms with Gasteiger partial charge in [-0.05, 0) is 41.5 Å². The minimum Gasteiger partial charge on any atom is -0.481 e. The van der Waals surface area contributed by atoms with E-state index in [2.05, 4.69) is 12.1 Å². The van der Waals surface area contributed by atoms with Gasteiger partial charge in [0.2, 0.25) is 5.91 Å². The third kappa shape index (κ3) is 2.35. The van der Waals surface area contributed by atoms with Crippen LogP contribution < -0.4 is 0 Å². The van der Waals surface area contributed by atoms with Crippen LogP contribution in [0.5, 0.6) is 0 Å². The first-order valence-electron chi connectivity index (χ1n) is 9.87. The maximum absolute atomic E-state index is 13.5. The van der Waals surface area contributed by atoms with Crippen LogP contribution in [0.2, 0.25) is 0 Å². The van der Waals surface area contributed by atoms with Gasteiger partial charge < -0.3 is 10.0 Å². The van der Waals surface area contributed by atoms with Gasteiger partial charge in [-0.15, -0.1) is 0 Å². The highest BCUT2D eigenvalue weighted by molar-refractivity contribution is 5.90. The van der Waals surface area contributed by atoms with Crippen molar-refractivity contribution in [1.29, 1.82) is 0 Å². The van der Waals surface area contributed by atoms with Crippen molar-refractivity contribution < 1.29 is 14.7 Å². The Bertz CT molecular complexity index is 868. The van der Waals surface area contributed by atoms with Gasteiger partial charge in [-0.2, -0.15) is 0 Å². The smallest absolute Gasteiger partial charge is 0.308 e. The normalized spacial score (nSPS) is 28.4. The number of hydrogen-bond acceptors (Lipinski definition) is 2. The summed E-state index contributed by atoms with van der Waals surface area (Å²) >= 11 is 0. The van der Waals surface area contributed by atoms with E-state index in [1.807, 2.05) is 41.3 Å². The molecule has 138 valence electrons. The lowest BCUT2D eigenvalue weighted by atomic mass is 9.54. The molecule has 4 heteroatoms. The van der Waals surface area contributed by atoms with Gasteiger partial charge in [-0.25, -0.2) is 0 Å². The summed E-state index contributed by atoms with van der Waals surface area (Å²) in [6, 6.07) is 16.2. The van der Waals surface area contributed by atoms with Crippen molar-refractivity contribution in [1.82, 2.24) is 4.90 Å². The van der Waals surface area contributed by atoms with Crippen LogP contribution in [0.15, 0.2) is 48.5 Å². The summed E-state index contributed by atoms with van der Waals surface area (Å²) in [5, 5.41) is 10.2. The van der Waals surface area contributed by atoms with Gasteiger partial charge in [-0.1, -0.05) is 48.5 Å². The predicted molar refractivity (Wildman–Crippen MR) is 102 cm³/mol. The molecule has 1 N–H and O–H groups in total. The maximum atomic E-state index is 13.5. The molecule has 2 atom stereocenters. The lowest BCUT2D eigenvalue weighted by Crippen LogP contribution is -2.52. The number of rotatable bonds is 2. The van der Waals surface area contributed by atoms with Crippen LogP contribution in [0, 0.1) is 11.8 Å². The van der Waals surface area contributed by atoms with Crippen LogP contribution in [0.25, 0.3) is 0 Å². The number of piperidine rings is 1. The van der Waals surface area contributed by atoms with E-state index in [4.69, 9.17) is 0 Å². The van der Waals surface area contributed by atoms with E-state index in [1.165, 1.54) is 0 Å². The van der Waals surface area contributed by atoms with Gasteiger partial charge in [0.25, 0.3) is 0 Å². The number of carboxylic acids is 1. The van der Waals surface area contributed by atoms with Gasteiger partial charge in [0.15, 0.2) is 0 Å². The molecule has 0 spiro atoms. The number of nitrogens with zero attached hydrogens (tertiary/aromatic N) is 1. The van der Waals surface area contributed by atoms with Crippen LogP contribution in [-0.2, 0) is 9.59 Å². The molecule has 1 heterocycles. The molecule has 4 aliphatic rings. The average Bonchev–Trinajstić information content (AvgIpc) is 2.73. The first-order valence-corrected chi connectivity index (χ1v) is 9.87. The first kappa shape index (κ1) is 16.5. The van der Waals surface area contributed by atoms with Crippen LogP contribution in [0.3, 0.4) is 0 Å². The Morgan fingerprint density at radius 2 is 1.19 bits per heavy atom. The van der Waals surface area contributed by atoms with Crippen molar-refractivity contribution in [3.63, 3.8) is 0 Å². The summed E-state index contributed by atoms with van der Waals surface area (Å²) in [4.78, 5) is 27.8. The molecule has 0 aromatic heterocycles. The number of carboxylic acid groups (broad SMARTS) is 1. The molecule has 4 nitrogen and oxygen atoms in total. The van der Waals surface area contributed by atoms with Crippen molar-refractivity contribution >= 4 is 11.9 Å². The summed E-state index contributed by atoms with van der Waals surface area (Å²) < 4.78 is 0. The zero-order valence-corrected chi connectivity index (χ0v) is 15.2. The van der Waals surface area contributed by atoms with Gasteiger partial charge in [0.05, 0.1) is 11.8 Å². The Labute approximate surface area is 158 Å². The third-order valence-electron chi connectivity index (χ3n) is 6.68. The van der Waals surface area contributed by atoms with Crippen LogP contribution in [0.4, 0.5) is 0 Å². The van der Waals surface area contributed by atoms with Crippen LogP contribution in [0.1, 0.15) is 53.4 Å². The monoisotopic (exact) mass is 361 g/mol. The minimum atomic E-state index is -0.857. The van der Waals surface area contributed by atoms with Crippen LogP contribution in [-0.4, -0.2) is 35.0 Å². The molecule has 1 amide bonds. The summed E-state index contributed by atoms with van der Waals surface area (Å²) in [6.07, 6.45) is 3.17. The largest absolute Gasteiger partial charge is 0.481 e. The van der Waals surface area contributed by atoms with Crippen molar-refractivity contribution in [3.8, 4) is 0 Å². The summed E-state index contributed by atoms with van der Waals surface area (Å²) in [5.41, 5.74) is 4.43. The Morgan fingerprint density at radius 1 is 0.741 bits per heavy atom. The molecule has 27 heavy (non-hydrogen) atoms. The lowest BCUT2D eigenvalue weighted by Gasteiger charge is -2.49. The Morgan fingerprint density at radius 3 is 1.63 bits per heavy atom. The standard InChI is InChI=1S/C23H23NO3/c25-22(24-12-6-1-7-13-24)20-18-14-8-2-4-10-16(14)19(21(20)23(26)27)17-11-5-3-9-15(17)18/h2-5,8-11,18-21H,1,6-7,12-13H2,(H,26,27)/t18?,19?,20-,21+/m0/s1. The van der Waals surface area contributed by atoms with Crippen molar-refractivity contribution in [3.05, 3.63) is 70.8 Å². The molecule has 0 saturated carbocycles. The Hall–Kier alpha value is -2.62. The fraction of sp³-hybridized carbons (Fsp3) is 0.391. The molecule has 2 aromatic rings. The topological polar surface area (TPSA) is 57.6 Å². The molecule has 3 aliphatic carbocycles. The molecule has 1 saturated heterocycles.